The van der Waals surface area contributed by atoms with Gasteiger partial charge in [0.2, 0.25) is 0 Å². The first kappa shape index (κ1) is 24.9. The van der Waals surface area contributed by atoms with E-state index in [1.807, 2.05) is 0 Å². The molecule has 1 amide bonds. The van der Waals surface area contributed by atoms with Crippen molar-refractivity contribution in [2.24, 2.45) is 0 Å². The molecule has 1 heterocycles. The summed E-state index contributed by atoms with van der Waals surface area (Å²) in [5.74, 6) is 0.0227. The van der Waals surface area contributed by atoms with Crippen LogP contribution < -0.4 is 25.2 Å². The van der Waals surface area contributed by atoms with Crippen molar-refractivity contribution in [2.45, 2.75) is 19.8 Å². The van der Waals surface area contributed by atoms with Crippen molar-refractivity contribution < 1.29 is 33.0 Å². The largest absolute Gasteiger partial charge is 0.497 e. The van der Waals surface area contributed by atoms with Crippen molar-refractivity contribution in [2.75, 3.05) is 33.3 Å². The van der Waals surface area contributed by atoms with Gasteiger partial charge in [0.25, 0.3) is 5.91 Å². The van der Waals surface area contributed by atoms with Crippen LogP contribution in [0.3, 0.4) is 0 Å². The molecular weight excluding hydrogens is 466 g/mol. The fraction of sp³-hybridized carbons (Fsp3) is 0.292. The van der Waals surface area contributed by atoms with E-state index in [1.165, 1.54) is 33.5 Å². The number of amides is 1. The molecule has 0 unspecified atom stereocenters. The third-order valence-corrected chi connectivity index (χ3v) is 5.48. The first-order valence-electron chi connectivity index (χ1n) is 10.2. The predicted octanol–water partition coefficient (Wildman–Crippen LogP) is 3.90. The third kappa shape index (κ3) is 5.60. The number of fused-ring (bicyclic) bond motifs is 1. The lowest BCUT2D eigenvalue weighted by molar-refractivity contribution is -0.147. The Bertz CT molecular complexity index is 1280. The van der Waals surface area contributed by atoms with Crippen molar-refractivity contribution in [3.63, 3.8) is 0 Å². The first-order chi connectivity index (χ1) is 16.3. The number of benzene rings is 2. The highest BCUT2D eigenvalue weighted by Gasteiger charge is 2.16. The highest BCUT2D eigenvalue weighted by molar-refractivity contribution is 6.32. The Kier molecular flexibility index (Phi) is 8.01. The van der Waals surface area contributed by atoms with Crippen LogP contribution in [0.15, 0.2) is 39.5 Å². The molecule has 10 heteroatoms. The van der Waals surface area contributed by atoms with Gasteiger partial charge in [0.1, 0.15) is 22.8 Å². The molecule has 0 bridgehead atoms. The summed E-state index contributed by atoms with van der Waals surface area (Å²) in [5, 5.41) is 3.65. The lowest BCUT2D eigenvalue weighted by Gasteiger charge is -2.13. The van der Waals surface area contributed by atoms with Gasteiger partial charge < -0.3 is 28.7 Å². The normalized spacial score (nSPS) is 10.6. The van der Waals surface area contributed by atoms with Crippen LogP contribution in [0.4, 0.5) is 5.69 Å². The minimum atomic E-state index is -0.635. The zero-order valence-corrected chi connectivity index (χ0v) is 19.9. The maximum atomic E-state index is 12.4. The zero-order valence-electron chi connectivity index (χ0n) is 19.2. The Morgan fingerprint density at radius 3 is 2.44 bits per heavy atom. The number of esters is 1. The Balaban J connectivity index is 1.60. The van der Waals surface area contributed by atoms with Crippen molar-refractivity contribution >= 4 is 40.1 Å². The molecule has 34 heavy (non-hydrogen) atoms. The molecule has 0 aliphatic carbocycles. The zero-order chi connectivity index (χ0) is 24.8. The van der Waals surface area contributed by atoms with Crippen LogP contribution in [0.2, 0.25) is 5.02 Å². The number of hydrogen-bond donors (Lipinski definition) is 1. The lowest BCUT2D eigenvalue weighted by atomic mass is 10.0. The molecular formula is C24H24ClNO8. The number of anilines is 1. The number of methoxy groups -OCH3 is 3. The second-order valence-corrected chi connectivity index (χ2v) is 7.66. The van der Waals surface area contributed by atoms with Gasteiger partial charge >= 0.3 is 11.6 Å². The molecule has 0 spiro atoms. The van der Waals surface area contributed by atoms with Crippen LogP contribution in [0.1, 0.15) is 17.5 Å². The molecule has 0 saturated carbocycles. The summed E-state index contributed by atoms with van der Waals surface area (Å²) >= 11 is 6.05. The van der Waals surface area contributed by atoms with Gasteiger partial charge in [-0.15, -0.1) is 0 Å². The molecule has 3 aromatic rings. The highest BCUT2D eigenvalue weighted by Crippen LogP contribution is 2.35. The summed E-state index contributed by atoms with van der Waals surface area (Å²) in [6.45, 7) is 1.27. The van der Waals surface area contributed by atoms with Gasteiger partial charge in [0.15, 0.2) is 6.61 Å². The number of nitrogens with one attached hydrogen (secondary N) is 1. The van der Waals surface area contributed by atoms with E-state index >= 15 is 0 Å². The summed E-state index contributed by atoms with van der Waals surface area (Å²) in [4.78, 5) is 36.9. The fourth-order valence-electron chi connectivity index (χ4n) is 3.38. The number of halogens is 1. The monoisotopic (exact) mass is 489 g/mol. The molecule has 180 valence electrons. The molecule has 2 aromatic carbocycles. The smallest absolute Gasteiger partial charge is 0.339 e. The number of hydrogen-bond acceptors (Lipinski definition) is 8. The van der Waals surface area contributed by atoms with Gasteiger partial charge in [-0.2, -0.15) is 0 Å². The molecule has 0 fully saturated rings. The lowest BCUT2D eigenvalue weighted by Crippen LogP contribution is -2.22. The Morgan fingerprint density at radius 2 is 1.76 bits per heavy atom. The maximum Gasteiger partial charge on any atom is 0.339 e. The van der Waals surface area contributed by atoms with E-state index in [0.29, 0.717) is 44.7 Å². The molecule has 0 aliphatic rings. The van der Waals surface area contributed by atoms with Crippen LogP contribution in [0.25, 0.3) is 11.0 Å². The van der Waals surface area contributed by atoms with Crippen molar-refractivity contribution in [1.29, 1.82) is 0 Å². The Morgan fingerprint density at radius 1 is 1.03 bits per heavy atom. The Hall–Kier alpha value is -3.72. The minimum absolute atomic E-state index is 0.0986. The average Bonchev–Trinajstić information content (AvgIpc) is 2.82. The molecule has 9 nitrogen and oxygen atoms in total. The molecule has 0 radical (unpaired) electrons. The first-order valence-corrected chi connectivity index (χ1v) is 10.6. The minimum Gasteiger partial charge on any atom is -0.497 e. The summed E-state index contributed by atoms with van der Waals surface area (Å²) in [6.07, 6.45) is 0.0113. The summed E-state index contributed by atoms with van der Waals surface area (Å²) in [5.41, 5.74) is 1.26. The molecule has 1 N–H and O–H groups in total. The molecule has 1 aromatic heterocycles. The average molecular weight is 490 g/mol. The topological polar surface area (TPSA) is 113 Å². The van der Waals surface area contributed by atoms with E-state index in [4.69, 9.17) is 35.0 Å². The SMILES string of the molecule is COc1ccc2c(C)c(CCC(=O)OCC(=O)Nc3cc(OC)c(Cl)cc3OC)c(=O)oc2c1. The summed E-state index contributed by atoms with van der Waals surface area (Å²) in [7, 11) is 4.39. The van der Waals surface area contributed by atoms with Crippen molar-refractivity contribution in [3.05, 3.63) is 56.9 Å². The van der Waals surface area contributed by atoms with E-state index in [2.05, 4.69) is 5.32 Å². The van der Waals surface area contributed by atoms with Gasteiger partial charge in [-0.05, 0) is 31.0 Å². The van der Waals surface area contributed by atoms with Gasteiger partial charge in [-0.3, -0.25) is 9.59 Å². The number of aryl methyl sites for hydroxylation is 1. The second kappa shape index (κ2) is 10.9. The van der Waals surface area contributed by atoms with Crippen LogP contribution >= 0.6 is 11.6 Å². The van der Waals surface area contributed by atoms with Gasteiger partial charge in [0, 0.05) is 35.6 Å². The van der Waals surface area contributed by atoms with Crippen LogP contribution in [-0.2, 0) is 20.7 Å². The predicted molar refractivity (Wildman–Crippen MR) is 126 cm³/mol. The van der Waals surface area contributed by atoms with E-state index < -0.39 is 24.1 Å². The van der Waals surface area contributed by atoms with Crippen molar-refractivity contribution in [1.82, 2.24) is 0 Å². The van der Waals surface area contributed by atoms with E-state index in [-0.39, 0.29) is 12.8 Å². The van der Waals surface area contributed by atoms with Gasteiger partial charge in [-0.1, -0.05) is 11.6 Å². The van der Waals surface area contributed by atoms with Crippen LogP contribution in [0, 0.1) is 6.92 Å². The number of ether oxygens (including phenoxy) is 4. The van der Waals surface area contributed by atoms with Crippen molar-refractivity contribution in [3.8, 4) is 17.2 Å². The number of carbonyl (C=O) groups excluding carboxylic acids is 2. The van der Waals surface area contributed by atoms with Crippen LogP contribution in [-0.4, -0.2) is 39.8 Å². The molecule has 0 saturated heterocycles. The quantitative estimate of drug-likeness (QED) is 0.355. The van der Waals surface area contributed by atoms with E-state index in [9.17, 15) is 14.4 Å². The standard InChI is InChI=1S/C24H24ClNO8/c1-13-15-6-5-14(30-2)9-19(15)34-24(29)16(13)7-8-23(28)33-12-22(27)26-18-11-20(31-3)17(25)10-21(18)32-4/h5-6,9-11H,7-8,12H2,1-4H3,(H,26,27). The summed E-state index contributed by atoms with van der Waals surface area (Å²) in [6, 6.07) is 8.18. The number of carbonyl (C=O) groups is 2. The molecule has 3 rings (SSSR count). The van der Waals surface area contributed by atoms with Gasteiger partial charge in [-0.25, -0.2) is 4.79 Å². The fourth-order valence-corrected chi connectivity index (χ4v) is 3.61. The maximum absolute atomic E-state index is 12.4. The second-order valence-electron chi connectivity index (χ2n) is 7.25. The van der Waals surface area contributed by atoms with E-state index in [1.54, 1.807) is 25.1 Å². The highest BCUT2D eigenvalue weighted by atomic mass is 35.5. The Labute approximate surface area is 200 Å². The van der Waals surface area contributed by atoms with E-state index in [0.717, 1.165) is 5.39 Å². The third-order valence-electron chi connectivity index (χ3n) is 5.19. The molecule has 0 atom stereocenters. The number of rotatable bonds is 9. The van der Waals surface area contributed by atoms with Crippen LogP contribution in [0.5, 0.6) is 17.2 Å². The summed E-state index contributed by atoms with van der Waals surface area (Å²) < 4.78 is 25.9. The molecule has 0 aliphatic heterocycles. The van der Waals surface area contributed by atoms with Gasteiger partial charge in [0.05, 0.1) is 32.0 Å².